The number of benzene rings is 1. The first-order valence-corrected chi connectivity index (χ1v) is 8.49. The molecule has 25 heavy (non-hydrogen) atoms. The van der Waals surface area contributed by atoms with Crippen molar-refractivity contribution in [1.82, 2.24) is 5.32 Å². The summed E-state index contributed by atoms with van der Waals surface area (Å²) in [7, 11) is 0. The van der Waals surface area contributed by atoms with Gasteiger partial charge in [0.15, 0.2) is 6.29 Å². The topological polar surface area (TPSA) is 108 Å². The van der Waals surface area contributed by atoms with Gasteiger partial charge in [0.25, 0.3) is 0 Å². The summed E-state index contributed by atoms with van der Waals surface area (Å²) in [5.41, 5.74) is 1.12. The van der Waals surface area contributed by atoms with Crippen molar-refractivity contribution in [2.24, 2.45) is 5.92 Å². The molecule has 2 rings (SSSR count). The van der Waals surface area contributed by atoms with Crippen molar-refractivity contribution in [3.8, 4) is 0 Å². The third-order valence-corrected chi connectivity index (χ3v) is 4.38. The molecule has 4 N–H and O–H groups in total. The maximum absolute atomic E-state index is 12.1. The average Bonchev–Trinajstić information content (AvgIpc) is 2.58. The predicted octanol–water partition coefficient (Wildman–Crippen LogP) is -0.174. The van der Waals surface area contributed by atoms with Crippen LogP contribution in [0.15, 0.2) is 30.3 Å². The Morgan fingerprint density at radius 3 is 2.64 bits per heavy atom. The maximum Gasteiger partial charge on any atom is 0.246 e. The van der Waals surface area contributed by atoms with Gasteiger partial charge in [0, 0.05) is 12.0 Å². The first-order valence-electron chi connectivity index (χ1n) is 8.49. The van der Waals surface area contributed by atoms with E-state index in [4.69, 9.17) is 9.47 Å². The minimum absolute atomic E-state index is 0.0636. The lowest BCUT2D eigenvalue weighted by Crippen LogP contribution is -2.56. The molecular formula is C18H27NO6. The molecule has 3 unspecified atom stereocenters. The van der Waals surface area contributed by atoms with Gasteiger partial charge in [0.2, 0.25) is 5.91 Å². The molecule has 0 saturated carbocycles. The van der Waals surface area contributed by atoms with Crippen molar-refractivity contribution in [2.75, 3.05) is 13.2 Å². The van der Waals surface area contributed by atoms with Gasteiger partial charge >= 0.3 is 0 Å². The highest BCUT2D eigenvalue weighted by atomic mass is 16.6. The van der Waals surface area contributed by atoms with Crippen molar-refractivity contribution in [3.63, 3.8) is 0 Å². The van der Waals surface area contributed by atoms with Crippen LogP contribution in [0.2, 0.25) is 0 Å². The number of amides is 1. The van der Waals surface area contributed by atoms with E-state index in [-0.39, 0.29) is 18.6 Å². The molecular weight excluding hydrogens is 326 g/mol. The number of carbonyl (C=O) groups excluding carboxylic acids is 1. The van der Waals surface area contributed by atoms with Crippen LogP contribution in [-0.4, -0.2) is 65.1 Å². The van der Waals surface area contributed by atoms with Crippen LogP contribution in [0.25, 0.3) is 0 Å². The van der Waals surface area contributed by atoms with Crippen LogP contribution in [0.4, 0.5) is 0 Å². The van der Waals surface area contributed by atoms with Crippen LogP contribution >= 0.6 is 0 Å². The van der Waals surface area contributed by atoms with Gasteiger partial charge in [-0.25, -0.2) is 0 Å². The molecule has 0 spiro atoms. The molecule has 6 atom stereocenters. The van der Waals surface area contributed by atoms with Gasteiger partial charge in [-0.05, 0) is 18.9 Å². The average molecular weight is 353 g/mol. The fourth-order valence-electron chi connectivity index (χ4n) is 2.98. The van der Waals surface area contributed by atoms with Gasteiger partial charge in [-0.3, -0.25) is 4.79 Å². The van der Waals surface area contributed by atoms with Crippen LogP contribution in [0.3, 0.4) is 0 Å². The zero-order valence-electron chi connectivity index (χ0n) is 14.5. The van der Waals surface area contributed by atoms with Crippen molar-refractivity contribution in [3.05, 3.63) is 35.9 Å². The van der Waals surface area contributed by atoms with E-state index in [1.807, 2.05) is 37.3 Å². The number of carbonyl (C=O) groups is 1. The highest BCUT2D eigenvalue weighted by molar-refractivity contribution is 5.77. The molecule has 0 bridgehead atoms. The van der Waals surface area contributed by atoms with Crippen molar-refractivity contribution >= 4 is 5.91 Å². The van der Waals surface area contributed by atoms with E-state index in [9.17, 15) is 20.1 Å². The molecule has 7 nitrogen and oxygen atoms in total. The minimum Gasteiger partial charge on any atom is -0.394 e. The Kier molecular flexibility index (Phi) is 7.34. The summed E-state index contributed by atoms with van der Waals surface area (Å²) < 4.78 is 10.6. The lowest BCUT2D eigenvalue weighted by molar-refractivity contribution is -0.273. The van der Waals surface area contributed by atoms with Crippen LogP contribution < -0.4 is 5.32 Å². The van der Waals surface area contributed by atoms with E-state index in [0.717, 1.165) is 5.56 Å². The molecule has 1 aliphatic heterocycles. The number of nitrogens with one attached hydrogen (secondary N) is 1. The summed E-state index contributed by atoms with van der Waals surface area (Å²) >= 11 is 0. The van der Waals surface area contributed by atoms with Gasteiger partial charge in [-0.2, -0.15) is 0 Å². The third kappa shape index (κ3) is 5.49. The first-order chi connectivity index (χ1) is 11.9. The summed E-state index contributed by atoms with van der Waals surface area (Å²) in [6, 6.07) is 9.76. The molecule has 0 aliphatic carbocycles. The standard InChI is InChI=1S/C18H27NO6/c1-11(8-13-6-4-3-5-7-13)19-15(21)10-24-17-12(2)18(23)25-14(9-20)16(17)22/h3-7,11-12,14,16-18,20,22-23H,8-10H2,1-2H3,(H,19,21)/t11-,12-,14?,16+,17?,18?/m0/s1. The second-order valence-corrected chi connectivity index (χ2v) is 6.53. The highest BCUT2D eigenvalue weighted by Crippen LogP contribution is 2.26. The molecule has 1 fully saturated rings. The fraction of sp³-hybridized carbons (Fsp3) is 0.611. The Morgan fingerprint density at radius 1 is 1.32 bits per heavy atom. The van der Waals surface area contributed by atoms with E-state index in [0.29, 0.717) is 6.42 Å². The second-order valence-electron chi connectivity index (χ2n) is 6.53. The number of aliphatic hydroxyl groups is 3. The van der Waals surface area contributed by atoms with Gasteiger partial charge in [0.1, 0.15) is 18.8 Å². The quantitative estimate of drug-likeness (QED) is 0.542. The number of hydrogen-bond acceptors (Lipinski definition) is 6. The highest BCUT2D eigenvalue weighted by Gasteiger charge is 2.43. The van der Waals surface area contributed by atoms with Gasteiger partial charge in [-0.15, -0.1) is 0 Å². The summed E-state index contributed by atoms with van der Waals surface area (Å²) in [4.78, 5) is 12.1. The molecule has 0 radical (unpaired) electrons. The zero-order valence-corrected chi connectivity index (χ0v) is 14.5. The Morgan fingerprint density at radius 2 is 2.00 bits per heavy atom. The molecule has 140 valence electrons. The Hall–Kier alpha value is -1.51. The number of aliphatic hydroxyl groups excluding tert-OH is 3. The van der Waals surface area contributed by atoms with Gasteiger partial charge in [0.05, 0.1) is 12.7 Å². The van der Waals surface area contributed by atoms with E-state index >= 15 is 0 Å². The van der Waals surface area contributed by atoms with E-state index in [1.54, 1.807) is 6.92 Å². The number of hydrogen-bond donors (Lipinski definition) is 4. The van der Waals surface area contributed by atoms with Crippen LogP contribution in [0.1, 0.15) is 19.4 Å². The van der Waals surface area contributed by atoms with Gasteiger partial charge < -0.3 is 30.1 Å². The summed E-state index contributed by atoms with van der Waals surface area (Å²) in [5.74, 6) is -0.822. The number of ether oxygens (including phenoxy) is 2. The molecule has 1 aliphatic rings. The molecule has 1 aromatic carbocycles. The monoisotopic (exact) mass is 353 g/mol. The lowest BCUT2D eigenvalue weighted by Gasteiger charge is -2.40. The Labute approximate surface area is 147 Å². The summed E-state index contributed by atoms with van der Waals surface area (Å²) in [6.07, 6.45) is -3.30. The molecule has 0 aromatic heterocycles. The normalized spacial score (nSPS) is 30.7. The van der Waals surface area contributed by atoms with Crippen molar-refractivity contribution in [2.45, 2.75) is 50.9 Å². The lowest BCUT2D eigenvalue weighted by atomic mass is 9.92. The maximum atomic E-state index is 12.1. The fourth-order valence-corrected chi connectivity index (χ4v) is 2.98. The minimum atomic E-state index is -1.16. The summed E-state index contributed by atoms with van der Waals surface area (Å²) in [5, 5.41) is 32.0. The number of rotatable bonds is 7. The Bertz CT molecular complexity index is 540. The second kappa shape index (κ2) is 9.26. The van der Waals surface area contributed by atoms with Crippen LogP contribution in [-0.2, 0) is 20.7 Å². The predicted molar refractivity (Wildman–Crippen MR) is 90.6 cm³/mol. The molecule has 1 heterocycles. The first kappa shape index (κ1) is 19.8. The van der Waals surface area contributed by atoms with Crippen LogP contribution in [0.5, 0.6) is 0 Å². The largest absolute Gasteiger partial charge is 0.394 e. The van der Waals surface area contributed by atoms with Crippen LogP contribution in [0, 0.1) is 5.92 Å². The SMILES string of the molecule is C[C@@H]1C(O)OC(CO)[C@@H](O)C1OCC(=O)N[C@@H](C)Cc1ccccc1. The third-order valence-electron chi connectivity index (χ3n) is 4.38. The molecule has 1 aromatic rings. The molecule has 1 amide bonds. The molecule has 7 heteroatoms. The smallest absolute Gasteiger partial charge is 0.246 e. The van der Waals surface area contributed by atoms with E-state index < -0.39 is 37.1 Å². The van der Waals surface area contributed by atoms with Gasteiger partial charge in [-0.1, -0.05) is 37.3 Å². The van der Waals surface area contributed by atoms with E-state index in [1.165, 1.54) is 0 Å². The zero-order chi connectivity index (χ0) is 18.4. The summed E-state index contributed by atoms with van der Waals surface area (Å²) in [6.45, 7) is 2.88. The van der Waals surface area contributed by atoms with Crippen molar-refractivity contribution < 1.29 is 29.6 Å². The van der Waals surface area contributed by atoms with E-state index in [2.05, 4.69) is 5.32 Å². The van der Waals surface area contributed by atoms with Crippen molar-refractivity contribution in [1.29, 1.82) is 0 Å². The Balaban J connectivity index is 1.81. The molecule has 1 saturated heterocycles.